The molecule has 1 heterocycles. The minimum atomic E-state index is 0.241. The van der Waals surface area contributed by atoms with Gasteiger partial charge in [-0.3, -0.25) is 9.48 Å². The van der Waals surface area contributed by atoms with Crippen molar-refractivity contribution in [2.24, 2.45) is 0 Å². The summed E-state index contributed by atoms with van der Waals surface area (Å²) in [6.45, 7) is 6.10. The van der Waals surface area contributed by atoms with Crippen LogP contribution in [-0.2, 0) is 0 Å². The van der Waals surface area contributed by atoms with Crippen molar-refractivity contribution in [3.63, 3.8) is 0 Å². The average molecular weight is 307 g/mol. The van der Waals surface area contributed by atoms with E-state index in [2.05, 4.69) is 21.0 Å². The largest absolute Gasteiger partial charge is 0.298 e. The molecule has 1 aromatic carbocycles. The van der Waals surface area contributed by atoms with Crippen LogP contribution in [0.3, 0.4) is 0 Å². The van der Waals surface area contributed by atoms with Crippen LogP contribution < -0.4 is 0 Å². The first-order valence-corrected chi connectivity index (χ1v) is 6.62. The van der Waals surface area contributed by atoms with Gasteiger partial charge in [0.1, 0.15) is 5.69 Å². The Morgan fingerprint density at radius 1 is 1.33 bits per heavy atom. The molecule has 1 aromatic heterocycles. The lowest BCUT2D eigenvalue weighted by molar-refractivity contribution is 0.112. The molecule has 3 nitrogen and oxygen atoms in total. The molecule has 0 saturated heterocycles. The summed E-state index contributed by atoms with van der Waals surface area (Å²) in [6, 6.07) is 6.28. The van der Waals surface area contributed by atoms with E-state index >= 15 is 0 Å². The van der Waals surface area contributed by atoms with Crippen LogP contribution in [0.1, 0.15) is 35.8 Å². The number of aldehydes is 1. The van der Waals surface area contributed by atoms with Crippen molar-refractivity contribution in [1.29, 1.82) is 0 Å². The normalized spacial score (nSPS) is 10.9. The molecule has 94 valence electrons. The maximum absolute atomic E-state index is 11.1. The minimum absolute atomic E-state index is 0.241. The molecule has 0 saturated carbocycles. The van der Waals surface area contributed by atoms with E-state index in [1.165, 1.54) is 0 Å². The number of halogens is 1. The van der Waals surface area contributed by atoms with Crippen LogP contribution in [0.25, 0.3) is 11.3 Å². The van der Waals surface area contributed by atoms with Gasteiger partial charge in [0.25, 0.3) is 0 Å². The first-order valence-electron chi connectivity index (χ1n) is 5.83. The number of carbonyl (C=O) groups excluding carboxylic acids is 1. The van der Waals surface area contributed by atoms with Crippen molar-refractivity contribution < 1.29 is 4.79 Å². The van der Waals surface area contributed by atoms with Crippen LogP contribution in [0.5, 0.6) is 0 Å². The van der Waals surface area contributed by atoms with E-state index in [4.69, 9.17) is 0 Å². The van der Waals surface area contributed by atoms with Gasteiger partial charge in [-0.15, -0.1) is 0 Å². The summed E-state index contributed by atoms with van der Waals surface area (Å²) in [4.78, 5) is 11.1. The van der Waals surface area contributed by atoms with E-state index in [1.54, 1.807) is 6.20 Å². The van der Waals surface area contributed by atoms with Crippen LogP contribution in [0.4, 0.5) is 0 Å². The van der Waals surface area contributed by atoms with E-state index in [1.807, 2.05) is 43.7 Å². The molecule has 0 aliphatic heterocycles. The highest BCUT2D eigenvalue weighted by atomic mass is 79.9. The number of aromatic nitrogens is 2. The number of nitrogens with zero attached hydrogens (tertiary/aromatic N) is 2. The van der Waals surface area contributed by atoms with Crippen molar-refractivity contribution in [2.75, 3.05) is 0 Å². The number of hydrogen-bond donors (Lipinski definition) is 0. The predicted octanol–water partition coefficient (Wildman–Crippen LogP) is 4.01. The van der Waals surface area contributed by atoms with Crippen molar-refractivity contribution in [3.8, 4) is 11.3 Å². The molecule has 2 rings (SSSR count). The molecule has 0 bridgehead atoms. The number of rotatable bonds is 3. The van der Waals surface area contributed by atoms with Gasteiger partial charge in [0.2, 0.25) is 0 Å². The molecule has 0 radical (unpaired) electrons. The Morgan fingerprint density at radius 2 is 2.06 bits per heavy atom. The number of hydrogen-bond acceptors (Lipinski definition) is 2. The lowest BCUT2D eigenvalue weighted by atomic mass is 10.1. The molecule has 4 heteroatoms. The first kappa shape index (κ1) is 13.0. The second-order valence-corrected chi connectivity index (χ2v) is 5.56. The second-order valence-electron chi connectivity index (χ2n) is 4.64. The van der Waals surface area contributed by atoms with E-state index < -0.39 is 0 Å². The van der Waals surface area contributed by atoms with Crippen molar-refractivity contribution in [1.82, 2.24) is 9.78 Å². The molecule has 0 amide bonds. The number of benzene rings is 1. The Balaban J connectivity index is 2.58. The lowest BCUT2D eigenvalue weighted by Gasteiger charge is -2.04. The quantitative estimate of drug-likeness (QED) is 0.803. The fourth-order valence-electron chi connectivity index (χ4n) is 1.85. The van der Waals surface area contributed by atoms with Gasteiger partial charge in [0.05, 0.1) is 5.56 Å². The maximum Gasteiger partial charge on any atom is 0.153 e. The lowest BCUT2D eigenvalue weighted by Crippen LogP contribution is -2.00. The van der Waals surface area contributed by atoms with E-state index in [9.17, 15) is 4.79 Å². The summed E-state index contributed by atoms with van der Waals surface area (Å²) < 4.78 is 2.81. The molecule has 0 atom stereocenters. The van der Waals surface area contributed by atoms with Crippen LogP contribution in [0, 0.1) is 6.92 Å². The van der Waals surface area contributed by atoms with E-state index in [-0.39, 0.29) is 6.04 Å². The Labute approximate surface area is 115 Å². The highest BCUT2D eigenvalue weighted by molar-refractivity contribution is 9.10. The highest BCUT2D eigenvalue weighted by Crippen LogP contribution is 2.26. The molecule has 0 N–H and O–H groups in total. The van der Waals surface area contributed by atoms with E-state index in [0.29, 0.717) is 5.56 Å². The molecule has 0 unspecified atom stereocenters. The Hall–Kier alpha value is -1.42. The standard InChI is InChI=1S/C14H15BrN2O/c1-9(2)17-7-12(8-18)14(16-17)11-4-10(3)5-13(15)6-11/h4-9H,1-3H3. The fourth-order valence-corrected chi connectivity index (χ4v) is 2.46. The van der Waals surface area contributed by atoms with Crippen LogP contribution in [-0.4, -0.2) is 16.1 Å². The average Bonchev–Trinajstić information content (AvgIpc) is 2.71. The Morgan fingerprint density at radius 3 is 2.61 bits per heavy atom. The molecule has 0 aliphatic carbocycles. The zero-order valence-corrected chi connectivity index (χ0v) is 12.2. The molecule has 0 aliphatic rings. The fraction of sp³-hybridized carbons (Fsp3) is 0.286. The van der Waals surface area contributed by atoms with Gasteiger partial charge >= 0.3 is 0 Å². The van der Waals surface area contributed by atoms with Crippen molar-refractivity contribution in [3.05, 3.63) is 40.0 Å². The summed E-state index contributed by atoms with van der Waals surface area (Å²) in [5.74, 6) is 0. The summed E-state index contributed by atoms with van der Waals surface area (Å²) >= 11 is 3.47. The smallest absolute Gasteiger partial charge is 0.153 e. The number of carbonyl (C=O) groups is 1. The third-order valence-corrected chi connectivity index (χ3v) is 3.19. The first-order chi connectivity index (χ1) is 8.51. The summed E-state index contributed by atoms with van der Waals surface area (Å²) in [5.41, 5.74) is 3.46. The minimum Gasteiger partial charge on any atom is -0.298 e. The monoisotopic (exact) mass is 306 g/mol. The van der Waals surface area contributed by atoms with Crippen LogP contribution >= 0.6 is 15.9 Å². The molecule has 18 heavy (non-hydrogen) atoms. The van der Waals surface area contributed by atoms with Crippen molar-refractivity contribution in [2.45, 2.75) is 26.8 Å². The zero-order chi connectivity index (χ0) is 13.3. The second kappa shape index (κ2) is 5.06. The zero-order valence-electron chi connectivity index (χ0n) is 10.6. The molecule has 0 spiro atoms. The van der Waals surface area contributed by atoms with Crippen LogP contribution in [0.2, 0.25) is 0 Å². The molecule has 2 aromatic rings. The summed E-state index contributed by atoms with van der Waals surface area (Å²) in [7, 11) is 0. The summed E-state index contributed by atoms with van der Waals surface area (Å²) in [5, 5.41) is 4.50. The molecular formula is C14H15BrN2O. The van der Waals surface area contributed by atoms with Crippen molar-refractivity contribution >= 4 is 22.2 Å². The molecular weight excluding hydrogens is 292 g/mol. The van der Waals surface area contributed by atoms with Crippen LogP contribution in [0.15, 0.2) is 28.9 Å². The Kier molecular flexibility index (Phi) is 3.66. The van der Waals surface area contributed by atoms with E-state index in [0.717, 1.165) is 27.6 Å². The topological polar surface area (TPSA) is 34.9 Å². The molecule has 0 fully saturated rings. The van der Waals surface area contributed by atoms with Gasteiger partial charge < -0.3 is 0 Å². The third-order valence-electron chi connectivity index (χ3n) is 2.73. The highest BCUT2D eigenvalue weighted by Gasteiger charge is 2.12. The van der Waals surface area contributed by atoms with Gasteiger partial charge in [-0.2, -0.15) is 5.10 Å². The van der Waals surface area contributed by atoms with Gasteiger partial charge in [0.15, 0.2) is 6.29 Å². The third kappa shape index (κ3) is 2.53. The summed E-state index contributed by atoms with van der Waals surface area (Å²) in [6.07, 6.45) is 2.65. The van der Waals surface area contributed by atoms with Gasteiger partial charge in [-0.1, -0.05) is 15.9 Å². The predicted molar refractivity (Wildman–Crippen MR) is 75.9 cm³/mol. The maximum atomic E-state index is 11.1. The van der Waals surface area contributed by atoms with Gasteiger partial charge in [-0.05, 0) is 44.5 Å². The van der Waals surface area contributed by atoms with Gasteiger partial charge in [-0.25, -0.2) is 0 Å². The Bertz CT molecular complexity index is 567. The number of aryl methyl sites for hydroxylation is 1. The van der Waals surface area contributed by atoms with Gasteiger partial charge in [0, 0.05) is 22.3 Å². The SMILES string of the molecule is Cc1cc(Br)cc(-c2nn(C(C)C)cc2C=O)c1.